The monoisotopic (exact) mass is 259 g/mol. The van der Waals surface area contributed by atoms with Gasteiger partial charge in [0, 0.05) is 17.6 Å². The highest BCUT2D eigenvalue weighted by molar-refractivity contribution is 6.30. The van der Waals surface area contributed by atoms with E-state index in [1.807, 2.05) is 30.5 Å². The molecule has 90 valence electrons. The van der Waals surface area contributed by atoms with Crippen LogP contribution in [0.15, 0.2) is 36.7 Å². The maximum absolute atomic E-state index is 8.49. The van der Waals surface area contributed by atoms with E-state index in [2.05, 4.69) is 20.6 Å². The van der Waals surface area contributed by atoms with Crippen molar-refractivity contribution in [3.05, 3.63) is 47.2 Å². The number of hydrogen-bond donors (Lipinski definition) is 2. The average Bonchev–Trinajstić information content (AvgIpc) is 2.39. The Kier molecular flexibility index (Phi) is 3.94. The topological polar surface area (TPSA) is 73.6 Å². The summed E-state index contributed by atoms with van der Waals surface area (Å²) < 4.78 is 0. The second kappa shape index (κ2) is 5.84. The largest absolute Gasteiger partial charge is 0.366 e. The second-order valence-electron chi connectivity index (χ2n) is 3.51. The molecule has 2 N–H and O–H groups in total. The summed E-state index contributed by atoms with van der Waals surface area (Å²) >= 11 is 5.80. The number of nitrogens with one attached hydrogen (secondary N) is 2. The van der Waals surface area contributed by atoms with Crippen LogP contribution in [0.25, 0.3) is 0 Å². The summed E-state index contributed by atoms with van der Waals surface area (Å²) in [6.45, 7) is 0.625. The molecule has 0 saturated heterocycles. The van der Waals surface area contributed by atoms with Crippen LogP contribution in [0.5, 0.6) is 0 Å². The molecule has 0 aliphatic heterocycles. The lowest BCUT2D eigenvalue weighted by atomic mass is 10.2. The van der Waals surface area contributed by atoms with Crippen molar-refractivity contribution >= 4 is 23.2 Å². The van der Waals surface area contributed by atoms with E-state index in [1.54, 1.807) is 6.07 Å². The van der Waals surface area contributed by atoms with Crippen molar-refractivity contribution in [2.75, 3.05) is 10.6 Å². The normalized spacial score (nSPS) is 9.56. The quantitative estimate of drug-likeness (QED) is 0.652. The van der Waals surface area contributed by atoms with Crippen LogP contribution in [0.1, 0.15) is 5.56 Å². The number of anilines is 2. The summed E-state index contributed by atoms with van der Waals surface area (Å²) in [6, 6.07) is 9.21. The summed E-state index contributed by atoms with van der Waals surface area (Å²) in [7, 11) is 0. The Morgan fingerprint density at radius 2 is 1.89 bits per heavy atom. The van der Waals surface area contributed by atoms with E-state index in [4.69, 9.17) is 16.9 Å². The zero-order valence-corrected chi connectivity index (χ0v) is 10.1. The Labute approximate surface area is 109 Å². The van der Waals surface area contributed by atoms with Crippen LogP contribution in [0, 0.1) is 11.5 Å². The molecule has 0 atom stereocenters. The van der Waals surface area contributed by atoms with E-state index < -0.39 is 0 Å². The SMILES string of the molecule is N#CNc1cc(NCc2ccc(Cl)cc2)ncn1. The van der Waals surface area contributed by atoms with Gasteiger partial charge >= 0.3 is 0 Å². The van der Waals surface area contributed by atoms with E-state index in [9.17, 15) is 0 Å². The van der Waals surface area contributed by atoms with E-state index in [0.717, 1.165) is 5.56 Å². The molecule has 0 radical (unpaired) electrons. The number of hydrogen-bond acceptors (Lipinski definition) is 5. The van der Waals surface area contributed by atoms with Crippen LogP contribution in [0.2, 0.25) is 5.02 Å². The van der Waals surface area contributed by atoms with Gasteiger partial charge in [-0.3, -0.25) is 5.32 Å². The van der Waals surface area contributed by atoms with Gasteiger partial charge in [0.25, 0.3) is 0 Å². The van der Waals surface area contributed by atoms with Crippen LogP contribution < -0.4 is 10.6 Å². The summed E-state index contributed by atoms with van der Waals surface area (Å²) in [6.07, 6.45) is 3.20. The number of nitrogens with zero attached hydrogens (tertiary/aromatic N) is 3. The van der Waals surface area contributed by atoms with E-state index in [1.165, 1.54) is 6.33 Å². The molecular weight excluding hydrogens is 250 g/mol. The first-order valence-corrected chi connectivity index (χ1v) is 5.61. The van der Waals surface area contributed by atoms with Crippen LogP contribution >= 0.6 is 11.6 Å². The minimum Gasteiger partial charge on any atom is -0.366 e. The highest BCUT2D eigenvalue weighted by Gasteiger charge is 1.98. The second-order valence-corrected chi connectivity index (χ2v) is 3.94. The Morgan fingerprint density at radius 1 is 1.17 bits per heavy atom. The highest BCUT2D eigenvalue weighted by atomic mass is 35.5. The van der Waals surface area contributed by atoms with Gasteiger partial charge in [0.15, 0.2) is 6.19 Å². The molecule has 1 aromatic heterocycles. The number of benzene rings is 1. The lowest BCUT2D eigenvalue weighted by Gasteiger charge is -2.06. The zero-order valence-electron chi connectivity index (χ0n) is 9.39. The summed E-state index contributed by atoms with van der Waals surface area (Å²) in [5.74, 6) is 1.11. The van der Waals surface area contributed by atoms with Gasteiger partial charge in [-0.25, -0.2) is 9.97 Å². The smallest absolute Gasteiger partial charge is 0.182 e. The van der Waals surface area contributed by atoms with Gasteiger partial charge in [0.05, 0.1) is 0 Å². The average molecular weight is 260 g/mol. The Hall–Kier alpha value is -2.32. The van der Waals surface area contributed by atoms with Crippen LogP contribution in [-0.4, -0.2) is 9.97 Å². The summed E-state index contributed by atoms with van der Waals surface area (Å²) in [5.41, 5.74) is 1.09. The first-order valence-electron chi connectivity index (χ1n) is 5.23. The fourth-order valence-electron chi connectivity index (χ4n) is 1.37. The molecule has 5 nitrogen and oxygen atoms in total. The lowest BCUT2D eigenvalue weighted by Crippen LogP contribution is -2.02. The molecule has 0 amide bonds. The van der Waals surface area contributed by atoms with Gasteiger partial charge < -0.3 is 5.32 Å². The molecule has 1 aromatic carbocycles. The Balaban J connectivity index is 1.99. The molecule has 0 aliphatic rings. The molecule has 1 heterocycles. The minimum atomic E-state index is 0.464. The van der Waals surface area contributed by atoms with E-state index in [0.29, 0.717) is 23.2 Å². The first-order chi connectivity index (χ1) is 8.78. The number of nitriles is 1. The number of rotatable bonds is 4. The Morgan fingerprint density at radius 3 is 2.61 bits per heavy atom. The van der Waals surface area contributed by atoms with Gasteiger partial charge in [-0.2, -0.15) is 5.26 Å². The third-order valence-corrected chi connectivity index (χ3v) is 2.49. The van der Waals surface area contributed by atoms with Crippen molar-refractivity contribution in [1.29, 1.82) is 5.26 Å². The molecule has 0 fully saturated rings. The molecular formula is C12H10ClN5. The van der Waals surface area contributed by atoms with Crippen molar-refractivity contribution in [2.45, 2.75) is 6.54 Å². The third-order valence-electron chi connectivity index (χ3n) is 2.24. The molecule has 0 unspecified atom stereocenters. The number of aromatic nitrogens is 2. The zero-order chi connectivity index (χ0) is 12.8. The Bertz CT molecular complexity index is 561. The standard InChI is InChI=1S/C12H10ClN5/c13-10-3-1-9(2-4-10)6-15-11-5-12(16-7-14)18-8-17-11/h1-5,8H,6H2,(H2,15,16,17,18). The van der Waals surface area contributed by atoms with Gasteiger partial charge in [-0.15, -0.1) is 0 Å². The van der Waals surface area contributed by atoms with E-state index >= 15 is 0 Å². The molecule has 6 heteroatoms. The molecule has 0 saturated carbocycles. The lowest BCUT2D eigenvalue weighted by molar-refractivity contribution is 1.08. The fourth-order valence-corrected chi connectivity index (χ4v) is 1.50. The van der Waals surface area contributed by atoms with Crippen molar-refractivity contribution in [3.8, 4) is 6.19 Å². The van der Waals surface area contributed by atoms with Crippen LogP contribution in [-0.2, 0) is 6.54 Å². The van der Waals surface area contributed by atoms with Gasteiger partial charge in [-0.1, -0.05) is 23.7 Å². The summed E-state index contributed by atoms with van der Waals surface area (Å²) in [5, 5.41) is 14.8. The maximum atomic E-state index is 8.49. The predicted molar refractivity (Wildman–Crippen MR) is 70.0 cm³/mol. The molecule has 18 heavy (non-hydrogen) atoms. The van der Waals surface area contributed by atoms with E-state index in [-0.39, 0.29) is 0 Å². The van der Waals surface area contributed by atoms with Crippen LogP contribution in [0.3, 0.4) is 0 Å². The molecule has 2 rings (SSSR count). The van der Waals surface area contributed by atoms with Crippen LogP contribution in [0.4, 0.5) is 11.6 Å². The first kappa shape index (κ1) is 12.1. The van der Waals surface area contributed by atoms with Crippen molar-refractivity contribution in [3.63, 3.8) is 0 Å². The minimum absolute atomic E-state index is 0.464. The molecule has 2 aromatic rings. The predicted octanol–water partition coefficient (Wildman–Crippen LogP) is 2.64. The third kappa shape index (κ3) is 3.34. The highest BCUT2D eigenvalue weighted by Crippen LogP contribution is 2.12. The molecule has 0 spiro atoms. The molecule has 0 bridgehead atoms. The van der Waals surface area contributed by atoms with Crippen molar-refractivity contribution in [1.82, 2.24) is 9.97 Å². The molecule has 0 aliphatic carbocycles. The van der Waals surface area contributed by atoms with Crippen molar-refractivity contribution < 1.29 is 0 Å². The fraction of sp³-hybridized carbons (Fsp3) is 0.0833. The van der Waals surface area contributed by atoms with Gasteiger partial charge in [0.2, 0.25) is 0 Å². The van der Waals surface area contributed by atoms with Gasteiger partial charge in [0.1, 0.15) is 18.0 Å². The maximum Gasteiger partial charge on any atom is 0.182 e. The summed E-state index contributed by atoms with van der Waals surface area (Å²) in [4.78, 5) is 7.95. The van der Waals surface area contributed by atoms with Gasteiger partial charge in [-0.05, 0) is 17.7 Å². The van der Waals surface area contributed by atoms with Crippen molar-refractivity contribution in [2.24, 2.45) is 0 Å². The number of halogens is 1.